The molecule has 0 unspecified atom stereocenters. The first-order valence-electron chi connectivity index (χ1n) is 5.29. The van der Waals surface area contributed by atoms with E-state index in [2.05, 4.69) is 15.9 Å². The van der Waals surface area contributed by atoms with Gasteiger partial charge in [-0.25, -0.2) is 4.39 Å². The van der Waals surface area contributed by atoms with E-state index in [0.717, 1.165) is 12.8 Å². The summed E-state index contributed by atoms with van der Waals surface area (Å²) in [5, 5.41) is 0. The van der Waals surface area contributed by atoms with Crippen molar-refractivity contribution in [3.05, 3.63) is 28.5 Å². The van der Waals surface area contributed by atoms with Gasteiger partial charge in [0.1, 0.15) is 11.6 Å². The number of methoxy groups -OCH3 is 1. The quantitative estimate of drug-likeness (QED) is 0.846. The number of hydrogen-bond acceptors (Lipinski definition) is 2. The van der Waals surface area contributed by atoms with E-state index in [-0.39, 0.29) is 5.82 Å². The summed E-state index contributed by atoms with van der Waals surface area (Å²) in [6.07, 6.45) is 2.51. The van der Waals surface area contributed by atoms with Gasteiger partial charge in [-0.3, -0.25) is 0 Å². The number of rotatable bonds is 4. The van der Waals surface area contributed by atoms with Gasteiger partial charge in [0.25, 0.3) is 0 Å². The molecule has 1 aromatic rings. The van der Waals surface area contributed by atoms with Crippen LogP contribution in [-0.4, -0.2) is 19.8 Å². The fraction of sp³-hybridized carbons (Fsp3) is 0.500. The average Bonchev–Trinajstić information content (AvgIpc) is 2.21. The number of hydrogen-bond donors (Lipinski definition) is 0. The minimum Gasteiger partial charge on any atom is -0.493 e. The molecule has 0 amide bonds. The lowest BCUT2D eigenvalue weighted by Crippen LogP contribution is -2.34. The molecule has 1 aliphatic carbocycles. The molecule has 0 saturated heterocycles. The largest absolute Gasteiger partial charge is 0.493 e. The van der Waals surface area contributed by atoms with Crippen molar-refractivity contribution in [3.8, 4) is 5.75 Å². The van der Waals surface area contributed by atoms with Crippen molar-refractivity contribution < 1.29 is 13.9 Å². The Kier molecular flexibility index (Phi) is 3.82. The number of benzene rings is 1. The topological polar surface area (TPSA) is 18.5 Å². The number of ether oxygens (including phenoxy) is 2. The van der Waals surface area contributed by atoms with Crippen LogP contribution in [0.1, 0.15) is 12.8 Å². The lowest BCUT2D eigenvalue weighted by molar-refractivity contribution is -0.0141. The van der Waals surface area contributed by atoms with Crippen LogP contribution in [0.25, 0.3) is 0 Å². The predicted molar refractivity (Wildman–Crippen MR) is 63.1 cm³/mol. The Morgan fingerprint density at radius 3 is 2.81 bits per heavy atom. The molecule has 1 aromatic carbocycles. The standard InChI is InChI=1S/C12H14BrFO2/c1-15-10-4-8(5-10)7-16-9-2-3-12(14)11(13)6-9/h2-3,6,8,10H,4-5,7H2,1H3. The Bertz CT molecular complexity index is 364. The highest BCUT2D eigenvalue weighted by Gasteiger charge is 2.29. The maximum Gasteiger partial charge on any atom is 0.137 e. The maximum atomic E-state index is 13.0. The van der Waals surface area contributed by atoms with Crippen LogP contribution >= 0.6 is 15.9 Å². The van der Waals surface area contributed by atoms with E-state index in [1.807, 2.05) is 0 Å². The van der Waals surface area contributed by atoms with Crippen molar-refractivity contribution in [1.82, 2.24) is 0 Å². The second-order valence-corrected chi connectivity index (χ2v) is 4.94. The average molecular weight is 289 g/mol. The van der Waals surface area contributed by atoms with Crippen LogP contribution in [0.15, 0.2) is 22.7 Å². The lowest BCUT2D eigenvalue weighted by Gasteiger charge is -2.33. The Labute approximate surface area is 103 Å². The normalized spacial score (nSPS) is 23.9. The van der Waals surface area contributed by atoms with Crippen molar-refractivity contribution in [3.63, 3.8) is 0 Å². The zero-order valence-electron chi connectivity index (χ0n) is 9.08. The molecule has 4 heteroatoms. The molecule has 0 N–H and O–H groups in total. The second kappa shape index (κ2) is 5.15. The van der Waals surface area contributed by atoms with E-state index in [4.69, 9.17) is 9.47 Å². The minimum absolute atomic E-state index is 0.268. The molecular weight excluding hydrogens is 275 g/mol. The molecule has 0 aromatic heterocycles. The van der Waals surface area contributed by atoms with Crippen molar-refractivity contribution in [1.29, 1.82) is 0 Å². The molecule has 1 aliphatic rings. The van der Waals surface area contributed by atoms with E-state index in [9.17, 15) is 4.39 Å². The molecule has 0 bridgehead atoms. The van der Waals surface area contributed by atoms with Crippen molar-refractivity contribution >= 4 is 15.9 Å². The van der Waals surface area contributed by atoms with Crippen LogP contribution in [0.3, 0.4) is 0 Å². The third-order valence-corrected chi connectivity index (χ3v) is 3.51. The smallest absolute Gasteiger partial charge is 0.137 e. The van der Waals surface area contributed by atoms with Gasteiger partial charge in [-0.2, -0.15) is 0 Å². The zero-order valence-corrected chi connectivity index (χ0v) is 10.7. The predicted octanol–water partition coefficient (Wildman–Crippen LogP) is 3.39. The fourth-order valence-electron chi connectivity index (χ4n) is 1.78. The molecule has 0 spiro atoms. The van der Waals surface area contributed by atoms with Gasteiger partial charge in [-0.05, 0) is 52.9 Å². The van der Waals surface area contributed by atoms with E-state index in [1.54, 1.807) is 19.2 Å². The van der Waals surface area contributed by atoms with Crippen LogP contribution in [0.4, 0.5) is 4.39 Å². The molecule has 2 rings (SSSR count). The van der Waals surface area contributed by atoms with Crippen molar-refractivity contribution in [2.75, 3.05) is 13.7 Å². The summed E-state index contributed by atoms with van der Waals surface area (Å²) in [6.45, 7) is 0.679. The van der Waals surface area contributed by atoms with Gasteiger partial charge in [-0.15, -0.1) is 0 Å². The number of halogens is 2. The molecule has 2 nitrogen and oxygen atoms in total. The second-order valence-electron chi connectivity index (χ2n) is 4.08. The van der Waals surface area contributed by atoms with Gasteiger partial charge in [0.15, 0.2) is 0 Å². The molecule has 1 fully saturated rings. The Morgan fingerprint density at radius 2 is 2.19 bits per heavy atom. The van der Waals surface area contributed by atoms with Crippen LogP contribution < -0.4 is 4.74 Å². The molecule has 0 radical (unpaired) electrons. The summed E-state index contributed by atoms with van der Waals surface area (Å²) >= 11 is 3.13. The third kappa shape index (κ3) is 2.74. The first-order chi connectivity index (χ1) is 7.69. The van der Waals surface area contributed by atoms with E-state index >= 15 is 0 Å². The van der Waals surface area contributed by atoms with Crippen molar-refractivity contribution in [2.45, 2.75) is 18.9 Å². The molecule has 16 heavy (non-hydrogen) atoms. The lowest BCUT2D eigenvalue weighted by atomic mass is 9.83. The fourth-order valence-corrected chi connectivity index (χ4v) is 2.14. The molecule has 0 atom stereocenters. The highest BCUT2D eigenvalue weighted by atomic mass is 79.9. The highest BCUT2D eigenvalue weighted by Crippen LogP contribution is 2.30. The highest BCUT2D eigenvalue weighted by molar-refractivity contribution is 9.10. The van der Waals surface area contributed by atoms with Crippen LogP contribution in [0.2, 0.25) is 0 Å². The zero-order chi connectivity index (χ0) is 11.5. The van der Waals surface area contributed by atoms with E-state index in [1.165, 1.54) is 6.07 Å². The van der Waals surface area contributed by atoms with Gasteiger partial charge in [0.2, 0.25) is 0 Å². The summed E-state index contributed by atoms with van der Waals surface area (Å²) in [5.74, 6) is 0.998. The monoisotopic (exact) mass is 288 g/mol. The third-order valence-electron chi connectivity index (χ3n) is 2.90. The summed E-state index contributed by atoms with van der Waals surface area (Å²) in [4.78, 5) is 0. The van der Waals surface area contributed by atoms with Crippen LogP contribution in [-0.2, 0) is 4.74 Å². The molecular formula is C12H14BrFO2. The van der Waals surface area contributed by atoms with Crippen molar-refractivity contribution in [2.24, 2.45) is 5.92 Å². The summed E-state index contributed by atoms with van der Waals surface area (Å²) in [5.41, 5.74) is 0. The Hall–Kier alpha value is -0.610. The van der Waals surface area contributed by atoms with Gasteiger partial charge >= 0.3 is 0 Å². The Morgan fingerprint density at radius 1 is 1.44 bits per heavy atom. The van der Waals surface area contributed by atoms with Crippen LogP contribution in [0.5, 0.6) is 5.75 Å². The Balaban J connectivity index is 1.80. The summed E-state index contributed by atoms with van der Waals surface area (Å²) in [6, 6.07) is 4.70. The summed E-state index contributed by atoms with van der Waals surface area (Å²) in [7, 11) is 1.73. The van der Waals surface area contributed by atoms with Gasteiger partial charge in [0.05, 0.1) is 17.2 Å². The van der Waals surface area contributed by atoms with Gasteiger partial charge in [0, 0.05) is 7.11 Å². The van der Waals surface area contributed by atoms with E-state index in [0.29, 0.717) is 28.9 Å². The molecule has 0 heterocycles. The van der Waals surface area contributed by atoms with E-state index < -0.39 is 0 Å². The molecule has 1 saturated carbocycles. The van der Waals surface area contributed by atoms with Crippen LogP contribution in [0, 0.1) is 11.7 Å². The first-order valence-corrected chi connectivity index (χ1v) is 6.09. The van der Waals surface area contributed by atoms with Gasteiger partial charge in [-0.1, -0.05) is 0 Å². The minimum atomic E-state index is -0.268. The molecule has 0 aliphatic heterocycles. The summed E-state index contributed by atoms with van der Waals surface area (Å²) < 4.78 is 24.2. The first kappa shape index (κ1) is 11.9. The molecule has 88 valence electrons. The van der Waals surface area contributed by atoms with Gasteiger partial charge < -0.3 is 9.47 Å². The maximum absolute atomic E-state index is 13.0. The SMILES string of the molecule is COC1CC(COc2ccc(F)c(Br)c2)C1.